The Bertz CT molecular complexity index is 167. The number of nitrogens with zero attached hydrogens (tertiary/aromatic N) is 2. The van der Waals surface area contributed by atoms with E-state index >= 15 is 0 Å². The lowest BCUT2D eigenvalue weighted by Gasteiger charge is -2.27. The molecule has 1 aliphatic rings. The molecule has 4 heteroatoms. The monoisotopic (exact) mass is 171 g/mol. The lowest BCUT2D eigenvalue weighted by atomic mass is 10.4. The van der Waals surface area contributed by atoms with E-state index in [0.717, 1.165) is 30.4 Å². The fraction of sp³-hybridized carbons (Fsp3) is 0.571. The Morgan fingerprint density at radius 2 is 2.64 bits per heavy atom. The van der Waals surface area contributed by atoms with Crippen molar-refractivity contribution in [3.63, 3.8) is 0 Å². The molecule has 0 aromatic rings. The molecule has 1 saturated heterocycles. The molecular weight excluding hydrogens is 158 g/mol. The van der Waals surface area contributed by atoms with E-state index in [1.54, 1.807) is 0 Å². The van der Waals surface area contributed by atoms with Crippen molar-refractivity contribution >= 4 is 17.6 Å². The van der Waals surface area contributed by atoms with E-state index in [4.69, 9.17) is 5.84 Å². The first-order valence-electron chi connectivity index (χ1n) is 3.59. The summed E-state index contributed by atoms with van der Waals surface area (Å²) in [5.74, 6) is 8.35. The Kier molecular flexibility index (Phi) is 3.29. The highest BCUT2D eigenvalue weighted by Gasteiger charge is 2.14. The van der Waals surface area contributed by atoms with Crippen LogP contribution in [0.3, 0.4) is 0 Å². The highest BCUT2D eigenvalue weighted by molar-refractivity contribution is 7.99. The first-order chi connectivity index (χ1) is 5.38. The Morgan fingerprint density at radius 1 is 1.82 bits per heavy atom. The molecule has 0 bridgehead atoms. The molecule has 1 heterocycles. The van der Waals surface area contributed by atoms with Gasteiger partial charge in [-0.25, -0.2) is 0 Å². The topological polar surface area (TPSA) is 41.6 Å². The summed E-state index contributed by atoms with van der Waals surface area (Å²) in [5, 5.41) is 3.73. The normalized spacial score (nSPS) is 22.2. The van der Waals surface area contributed by atoms with Crippen molar-refractivity contribution in [1.29, 1.82) is 0 Å². The zero-order chi connectivity index (χ0) is 8.10. The average molecular weight is 171 g/mol. The molecular formula is C7H13N3S. The van der Waals surface area contributed by atoms with E-state index in [-0.39, 0.29) is 0 Å². The van der Waals surface area contributed by atoms with Crippen LogP contribution in [0, 0.1) is 0 Å². The second kappa shape index (κ2) is 4.28. The molecule has 0 amide bonds. The third kappa shape index (κ3) is 2.15. The van der Waals surface area contributed by atoms with Crippen molar-refractivity contribution in [2.75, 3.05) is 18.2 Å². The van der Waals surface area contributed by atoms with Gasteiger partial charge in [0.15, 0.2) is 0 Å². The largest absolute Gasteiger partial charge is 0.346 e. The standard InChI is InChI=1S/C7H13N3S/c1-2-4-10-6-11-5-3-7(10)9-8/h2H,1,3-6,8H2. The highest BCUT2D eigenvalue weighted by atomic mass is 32.2. The molecule has 62 valence electrons. The first-order valence-corrected chi connectivity index (χ1v) is 4.74. The molecule has 0 unspecified atom stereocenters. The minimum absolute atomic E-state index is 0.850. The molecule has 0 saturated carbocycles. The first kappa shape index (κ1) is 8.46. The summed E-state index contributed by atoms with van der Waals surface area (Å²) in [7, 11) is 0. The molecule has 0 aromatic carbocycles. The fourth-order valence-corrected chi connectivity index (χ4v) is 1.96. The second-order valence-corrected chi connectivity index (χ2v) is 3.42. The molecule has 2 N–H and O–H groups in total. The Hall–Kier alpha value is -0.640. The van der Waals surface area contributed by atoms with Gasteiger partial charge in [-0.2, -0.15) is 5.10 Å². The molecule has 1 rings (SSSR count). The minimum atomic E-state index is 0.850. The van der Waals surface area contributed by atoms with Gasteiger partial charge in [-0.15, -0.1) is 18.3 Å². The van der Waals surface area contributed by atoms with Crippen LogP contribution in [0.15, 0.2) is 17.8 Å². The van der Waals surface area contributed by atoms with Gasteiger partial charge in [-0.3, -0.25) is 0 Å². The summed E-state index contributed by atoms with van der Waals surface area (Å²) in [4.78, 5) is 2.14. The van der Waals surface area contributed by atoms with Crippen LogP contribution in [0.4, 0.5) is 0 Å². The van der Waals surface area contributed by atoms with Gasteiger partial charge in [-0.05, 0) is 0 Å². The van der Waals surface area contributed by atoms with Crippen molar-refractivity contribution in [2.24, 2.45) is 10.9 Å². The SMILES string of the molecule is C=CCN1CSCCC1=NN. The van der Waals surface area contributed by atoms with Crippen molar-refractivity contribution in [3.05, 3.63) is 12.7 Å². The van der Waals surface area contributed by atoms with E-state index in [2.05, 4.69) is 16.6 Å². The third-order valence-electron chi connectivity index (χ3n) is 1.58. The van der Waals surface area contributed by atoms with Gasteiger partial charge < -0.3 is 10.7 Å². The summed E-state index contributed by atoms with van der Waals surface area (Å²) in [6.07, 6.45) is 2.85. The van der Waals surface area contributed by atoms with Crippen LogP contribution in [0.25, 0.3) is 0 Å². The van der Waals surface area contributed by atoms with Crippen LogP contribution in [-0.2, 0) is 0 Å². The van der Waals surface area contributed by atoms with Gasteiger partial charge in [-0.1, -0.05) is 6.08 Å². The van der Waals surface area contributed by atoms with Crippen LogP contribution in [0.2, 0.25) is 0 Å². The molecule has 11 heavy (non-hydrogen) atoms. The summed E-state index contributed by atoms with van der Waals surface area (Å²) in [5.41, 5.74) is 0. The van der Waals surface area contributed by atoms with Crippen molar-refractivity contribution in [1.82, 2.24) is 4.90 Å². The van der Waals surface area contributed by atoms with E-state index in [9.17, 15) is 0 Å². The number of hydrogen-bond donors (Lipinski definition) is 1. The molecule has 1 aliphatic heterocycles. The van der Waals surface area contributed by atoms with Crippen LogP contribution in [0.1, 0.15) is 6.42 Å². The maximum atomic E-state index is 5.23. The predicted molar refractivity (Wildman–Crippen MR) is 50.5 cm³/mol. The Balaban J connectivity index is 2.51. The van der Waals surface area contributed by atoms with Gasteiger partial charge in [0.25, 0.3) is 0 Å². The summed E-state index contributed by atoms with van der Waals surface area (Å²) < 4.78 is 0. The molecule has 0 atom stereocenters. The smallest absolute Gasteiger partial charge is 0.126 e. The van der Waals surface area contributed by atoms with Crippen molar-refractivity contribution < 1.29 is 0 Å². The van der Waals surface area contributed by atoms with Crippen LogP contribution >= 0.6 is 11.8 Å². The molecule has 0 aliphatic carbocycles. The number of amidine groups is 1. The zero-order valence-corrected chi connectivity index (χ0v) is 7.31. The van der Waals surface area contributed by atoms with Gasteiger partial charge in [0.2, 0.25) is 0 Å². The molecule has 1 fully saturated rings. The number of hydrogen-bond acceptors (Lipinski definition) is 3. The second-order valence-electron chi connectivity index (χ2n) is 2.34. The van der Waals surface area contributed by atoms with Crippen molar-refractivity contribution in [2.45, 2.75) is 6.42 Å². The zero-order valence-electron chi connectivity index (χ0n) is 6.49. The molecule has 0 spiro atoms. The van der Waals surface area contributed by atoms with Gasteiger partial charge in [0.1, 0.15) is 5.84 Å². The van der Waals surface area contributed by atoms with Crippen molar-refractivity contribution in [3.8, 4) is 0 Å². The number of rotatable bonds is 2. The van der Waals surface area contributed by atoms with Gasteiger partial charge in [0, 0.05) is 18.7 Å². The van der Waals surface area contributed by atoms with Crippen LogP contribution in [0.5, 0.6) is 0 Å². The van der Waals surface area contributed by atoms with Crippen LogP contribution < -0.4 is 5.84 Å². The number of thioether (sulfide) groups is 1. The summed E-state index contributed by atoms with van der Waals surface area (Å²) in [6.45, 7) is 4.53. The molecule has 0 radical (unpaired) electrons. The highest BCUT2D eigenvalue weighted by Crippen LogP contribution is 2.15. The van der Waals surface area contributed by atoms with E-state index in [0.29, 0.717) is 0 Å². The number of nitrogens with two attached hydrogens (primary N) is 1. The quantitative estimate of drug-likeness (QED) is 0.380. The Labute approximate surface area is 71.3 Å². The fourth-order valence-electron chi connectivity index (χ4n) is 1.03. The third-order valence-corrected chi connectivity index (χ3v) is 2.57. The maximum Gasteiger partial charge on any atom is 0.126 e. The van der Waals surface area contributed by atoms with Crippen LogP contribution in [-0.4, -0.2) is 28.9 Å². The number of hydrazone groups is 1. The average Bonchev–Trinajstić information content (AvgIpc) is 2.06. The van der Waals surface area contributed by atoms with E-state index < -0.39 is 0 Å². The summed E-state index contributed by atoms with van der Waals surface area (Å²) in [6, 6.07) is 0. The van der Waals surface area contributed by atoms with Gasteiger partial charge >= 0.3 is 0 Å². The van der Waals surface area contributed by atoms with E-state index in [1.165, 1.54) is 0 Å². The predicted octanol–water partition coefficient (Wildman–Crippen LogP) is 0.841. The summed E-state index contributed by atoms with van der Waals surface area (Å²) >= 11 is 1.90. The lowest BCUT2D eigenvalue weighted by Crippen LogP contribution is -2.35. The lowest BCUT2D eigenvalue weighted by molar-refractivity contribution is 0.523. The van der Waals surface area contributed by atoms with E-state index in [1.807, 2.05) is 17.8 Å². The molecule has 0 aromatic heterocycles. The minimum Gasteiger partial charge on any atom is -0.346 e. The molecule has 3 nitrogen and oxygen atoms in total. The Morgan fingerprint density at radius 3 is 3.27 bits per heavy atom. The van der Waals surface area contributed by atoms with Gasteiger partial charge in [0.05, 0.1) is 5.88 Å². The maximum absolute atomic E-state index is 5.23.